The van der Waals surface area contributed by atoms with E-state index >= 15 is 0 Å². The van der Waals surface area contributed by atoms with Crippen LogP contribution < -0.4 is 0 Å². The predicted octanol–water partition coefficient (Wildman–Crippen LogP) is 3.45. The fourth-order valence-electron chi connectivity index (χ4n) is 1.12. The first-order chi connectivity index (χ1) is 6.75. The maximum atomic E-state index is 5.77. The summed E-state index contributed by atoms with van der Waals surface area (Å²) in [6.07, 6.45) is 1.62. The topological polar surface area (TPSA) is 25.8 Å². The summed E-state index contributed by atoms with van der Waals surface area (Å²) in [5.41, 5.74) is 1.76. The number of rotatable bonds is 1. The van der Waals surface area contributed by atoms with Crippen molar-refractivity contribution in [3.8, 4) is 11.3 Å². The van der Waals surface area contributed by atoms with Gasteiger partial charge in [0, 0.05) is 16.8 Å². The first kappa shape index (κ1) is 9.44. The third-order valence-electron chi connectivity index (χ3n) is 1.77. The second-order valence-corrected chi connectivity index (χ2v) is 3.49. The van der Waals surface area contributed by atoms with E-state index in [1.54, 1.807) is 12.3 Å². The van der Waals surface area contributed by atoms with E-state index in [2.05, 4.69) is 9.97 Å². The first-order valence-electron chi connectivity index (χ1n) is 4.00. The van der Waals surface area contributed by atoms with Gasteiger partial charge in [-0.2, -0.15) is 0 Å². The van der Waals surface area contributed by atoms with Gasteiger partial charge in [-0.1, -0.05) is 23.7 Å². The zero-order valence-electron chi connectivity index (χ0n) is 7.11. The van der Waals surface area contributed by atoms with E-state index in [0.717, 1.165) is 11.3 Å². The van der Waals surface area contributed by atoms with Gasteiger partial charge in [0.15, 0.2) is 0 Å². The van der Waals surface area contributed by atoms with Gasteiger partial charge in [-0.15, -0.1) is 0 Å². The maximum Gasteiger partial charge on any atom is 0.222 e. The molecule has 2 rings (SSSR count). The molecule has 0 aliphatic rings. The Morgan fingerprint density at radius 3 is 2.29 bits per heavy atom. The molecule has 0 saturated heterocycles. The van der Waals surface area contributed by atoms with Crippen LogP contribution in [0.25, 0.3) is 11.3 Å². The Labute approximate surface area is 91.5 Å². The molecule has 1 heterocycles. The van der Waals surface area contributed by atoms with Gasteiger partial charge in [-0.05, 0) is 29.8 Å². The molecular formula is C10H6Cl2N2. The number of halogens is 2. The molecule has 0 N–H and O–H groups in total. The number of hydrogen-bond acceptors (Lipinski definition) is 2. The van der Waals surface area contributed by atoms with Crippen molar-refractivity contribution in [3.63, 3.8) is 0 Å². The maximum absolute atomic E-state index is 5.77. The third kappa shape index (κ3) is 2.03. The van der Waals surface area contributed by atoms with Crippen molar-refractivity contribution < 1.29 is 0 Å². The fraction of sp³-hybridized carbons (Fsp3) is 0. The van der Waals surface area contributed by atoms with Crippen LogP contribution in [0.5, 0.6) is 0 Å². The minimum atomic E-state index is 0.248. The predicted molar refractivity (Wildman–Crippen MR) is 57.5 cm³/mol. The normalized spacial score (nSPS) is 10.1. The van der Waals surface area contributed by atoms with Crippen LogP contribution in [0, 0.1) is 0 Å². The highest BCUT2D eigenvalue weighted by molar-refractivity contribution is 6.30. The smallest absolute Gasteiger partial charge is 0.222 e. The molecule has 0 saturated carbocycles. The van der Waals surface area contributed by atoms with Crippen molar-refractivity contribution in [1.82, 2.24) is 9.97 Å². The minimum Gasteiger partial charge on any atom is -0.226 e. The summed E-state index contributed by atoms with van der Waals surface area (Å²) in [7, 11) is 0. The highest BCUT2D eigenvalue weighted by Crippen LogP contribution is 2.19. The molecular weight excluding hydrogens is 219 g/mol. The van der Waals surface area contributed by atoms with Crippen LogP contribution in [0.1, 0.15) is 0 Å². The second-order valence-electron chi connectivity index (χ2n) is 2.72. The van der Waals surface area contributed by atoms with Crippen LogP contribution >= 0.6 is 23.2 Å². The van der Waals surface area contributed by atoms with E-state index in [4.69, 9.17) is 23.2 Å². The molecule has 0 aliphatic heterocycles. The Balaban J connectivity index is 2.44. The Morgan fingerprint density at radius 2 is 1.64 bits per heavy atom. The molecule has 1 aromatic heterocycles. The standard InChI is InChI=1S/C10H6Cl2N2/c11-8-3-1-7(2-4-8)9-5-6-13-10(12)14-9/h1-6H. The van der Waals surface area contributed by atoms with Gasteiger partial charge in [0.2, 0.25) is 5.28 Å². The third-order valence-corrected chi connectivity index (χ3v) is 2.20. The van der Waals surface area contributed by atoms with Crippen LogP contribution in [0.15, 0.2) is 36.5 Å². The Morgan fingerprint density at radius 1 is 0.929 bits per heavy atom. The lowest BCUT2D eigenvalue weighted by Gasteiger charge is -1.99. The molecule has 0 fully saturated rings. The van der Waals surface area contributed by atoms with Crippen LogP contribution in [0.4, 0.5) is 0 Å². The summed E-state index contributed by atoms with van der Waals surface area (Å²) < 4.78 is 0. The van der Waals surface area contributed by atoms with Crippen molar-refractivity contribution >= 4 is 23.2 Å². The summed E-state index contributed by atoms with van der Waals surface area (Å²) in [6, 6.07) is 9.21. The van der Waals surface area contributed by atoms with Crippen molar-refractivity contribution in [2.45, 2.75) is 0 Å². The molecule has 2 aromatic rings. The molecule has 70 valence electrons. The number of hydrogen-bond donors (Lipinski definition) is 0. The van der Waals surface area contributed by atoms with Gasteiger partial charge < -0.3 is 0 Å². The highest BCUT2D eigenvalue weighted by Gasteiger charge is 1.99. The van der Waals surface area contributed by atoms with E-state index in [-0.39, 0.29) is 5.28 Å². The molecule has 0 radical (unpaired) electrons. The van der Waals surface area contributed by atoms with Crippen LogP contribution in [-0.2, 0) is 0 Å². The van der Waals surface area contributed by atoms with Crippen molar-refractivity contribution in [2.75, 3.05) is 0 Å². The number of benzene rings is 1. The summed E-state index contributed by atoms with van der Waals surface area (Å²) >= 11 is 11.4. The summed E-state index contributed by atoms with van der Waals surface area (Å²) in [5.74, 6) is 0. The molecule has 2 nitrogen and oxygen atoms in total. The molecule has 14 heavy (non-hydrogen) atoms. The summed E-state index contributed by atoms with van der Waals surface area (Å²) in [5, 5.41) is 0.950. The molecule has 0 unspecified atom stereocenters. The lowest BCUT2D eigenvalue weighted by Crippen LogP contribution is -1.85. The average molecular weight is 225 g/mol. The van der Waals surface area contributed by atoms with Crippen molar-refractivity contribution in [1.29, 1.82) is 0 Å². The van der Waals surface area contributed by atoms with E-state index in [1.807, 2.05) is 24.3 Å². The fourth-order valence-corrected chi connectivity index (χ4v) is 1.39. The molecule has 0 bridgehead atoms. The van der Waals surface area contributed by atoms with Crippen molar-refractivity contribution in [3.05, 3.63) is 46.8 Å². The van der Waals surface area contributed by atoms with Crippen LogP contribution in [0.2, 0.25) is 10.3 Å². The number of aromatic nitrogens is 2. The van der Waals surface area contributed by atoms with Gasteiger partial charge in [0.1, 0.15) is 0 Å². The molecule has 1 aromatic carbocycles. The SMILES string of the molecule is Clc1ccc(-c2ccnc(Cl)n2)cc1. The van der Waals surface area contributed by atoms with Gasteiger partial charge in [0.05, 0.1) is 5.69 Å². The van der Waals surface area contributed by atoms with E-state index in [0.29, 0.717) is 5.02 Å². The Hall–Kier alpha value is -1.12. The zero-order chi connectivity index (χ0) is 9.97. The minimum absolute atomic E-state index is 0.248. The molecule has 0 atom stereocenters. The highest BCUT2D eigenvalue weighted by atomic mass is 35.5. The number of nitrogens with zero attached hydrogens (tertiary/aromatic N) is 2. The first-order valence-corrected chi connectivity index (χ1v) is 4.76. The molecule has 0 amide bonds. The van der Waals surface area contributed by atoms with Gasteiger partial charge >= 0.3 is 0 Å². The van der Waals surface area contributed by atoms with Gasteiger partial charge in [-0.25, -0.2) is 9.97 Å². The van der Waals surface area contributed by atoms with Crippen LogP contribution in [0.3, 0.4) is 0 Å². The van der Waals surface area contributed by atoms with Crippen molar-refractivity contribution in [2.24, 2.45) is 0 Å². The van der Waals surface area contributed by atoms with Gasteiger partial charge in [-0.3, -0.25) is 0 Å². The molecule has 4 heteroatoms. The van der Waals surface area contributed by atoms with E-state index < -0.39 is 0 Å². The lowest BCUT2D eigenvalue weighted by atomic mass is 10.1. The lowest BCUT2D eigenvalue weighted by molar-refractivity contribution is 1.17. The molecule has 0 aliphatic carbocycles. The zero-order valence-corrected chi connectivity index (χ0v) is 8.63. The Bertz CT molecular complexity index is 440. The molecule has 0 spiro atoms. The largest absolute Gasteiger partial charge is 0.226 e. The quantitative estimate of drug-likeness (QED) is 0.694. The summed E-state index contributed by atoms with van der Waals surface area (Å²) in [6.45, 7) is 0. The van der Waals surface area contributed by atoms with E-state index in [1.165, 1.54) is 0 Å². The Kier molecular flexibility index (Phi) is 2.66. The second kappa shape index (κ2) is 3.95. The summed E-state index contributed by atoms with van der Waals surface area (Å²) in [4.78, 5) is 7.90. The van der Waals surface area contributed by atoms with Gasteiger partial charge in [0.25, 0.3) is 0 Å². The van der Waals surface area contributed by atoms with E-state index in [9.17, 15) is 0 Å². The average Bonchev–Trinajstić information content (AvgIpc) is 2.19. The monoisotopic (exact) mass is 224 g/mol. The van der Waals surface area contributed by atoms with Crippen LogP contribution in [-0.4, -0.2) is 9.97 Å².